The molecule has 2 aliphatic heterocycles. The van der Waals surface area contributed by atoms with Gasteiger partial charge in [-0.1, -0.05) is 43.3 Å². The molecule has 2 N–H and O–H groups in total. The molecule has 0 bridgehead atoms. The van der Waals surface area contributed by atoms with Crippen LogP contribution in [0.15, 0.2) is 48.5 Å². The summed E-state index contributed by atoms with van der Waals surface area (Å²) in [6, 6.07) is 16.3. The monoisotopic (exact) mass is 551 g/mol. The van der Waals surface area contributed by atoms with Gasteiger partial charge in [-0.2, -0.15) is 0 Å². The minimum absolute atomic E-state index is 0.0227. The molecule has 0 unspecified atom stereocenters. The largest absolute Gasteiger partial charge is 0.457 e. The van der Waals surface area contributed by atoms with Gasteiger partial charge in [0, 0.05) is 55.9 Å². The molecule has 0 saturated carbocycles. The van der Waals surface area contributed by atoms with E-state index in [1.54, 1.807) is 12.0 Å². The summed E-state index contributed by atoms with van der Waals surface area (Å²) in [5.74, 6) is 1.25. The Morgan fingerprint density at radius 1 is 1.02 bits per heavy atom. The minimum Gasteiger partial charge on any atom is -0.457 e. The molecule has 0 spiro atoms. The van der Waals surface area contributed by atoms with Crippen LogP contribution in [0.25, 0.3) is 0 Å². The Morgan fingerprint density at radius 3 is 2.27 bits per heavy atom. The highest BCUT2D eigenvalue weighted by Gasteiger charge is 2.43. The molecule has 1 fully saturated rings. The Morgan fingerprint density at radius 2 is 1.68 bits per heavy atom. The normalized spacial score (nSPS) is 19.7. The molecule has 8 nitrogen and oxygen atoms in total. The van der Waals surface area contributed by atoms with Crippen LogP contribution >= 0.6 is 0 Å². The number of nitrogens with one attached hydrogen (secondary N) is 2. The van der Waals surface area contributed by atoms with Crippen LogP contribution < -0.4 is 15.4 Å². The van der Waals surface area contributed by atoms with Gasteiger partial charge in [0.25, 0.3) is 0 Å². The molecular weight excluding hydrogens is 506 g/mol. The molecule has 0 aromatic heterocycles. The second-order valence-corrected chi connectivity index (χ2v) is 11.9. The highest BCUT2D eigenvalue weighted by molar-refractivity contribution is 5.80. The lowest BCUT2D eigenvalue weighted by Crippen LogP contribution is -2.56. The summed E-state index contributed by atoms with van der Waals surface area (Å²) in [6.45, 7) is 10.4. The molecule has 4 rings (SSSR count). The van der Waals surface area contributed by atoms with E-state index in [1.165, 1.54) is 0 Å². The van der Waals surface area contributed by atoms with E-state index in [9.17, 15) is 9.59 Å². The fraction of sp³-hybridized carbons (Fsp3) is 0.562. The van der Waals surface area contributed by atoms with E-state index >= 15 is 0 Å². The molecule has 218 valence electrons. The molecule has 2 aromatic carbocycles. The van der Waals surface area contributed by atoms with Gasteiger partial charge in [-0.15, -0.1) is 0 Å². The number of carbonyl (C=O) groups excluding carboxylic acids is 2. The Labute approximate surface area is 238 Å². The summed E-state index contributed by atoms with van der Waals surface area (Å²) in [5, 5.41) is 6.76. The zero-order valence-corrected chi connectivity index (χ0v) is 24.6. The summed E-state index contributed by atoms with van der Waals surface area (Å²) in [5.41, 5.74) is 1.11. The maximum absolute atomic E-state index is 13.8. The zero-order valence-electron chi connectivity index (χ0n) is 24.6. The first kappa shape index (κ1) is 29.9. The molecule has 0 radical (unpaired) electrons. The molecule has 2 amide bonds. The SMILES string of the molecule is CCN[C@@H]1C[C@H](C(=O)NCC2(CCCCOC)c3ccccc3Oc3ccccc32)CN(C(=O)OC(C)(C)C)C1. The van der Waals surface area contributed by atoms with Crippen molar-refractivity contribution >= 4 is 12.0 Å². The Bertz CT molecular complexity index is 1120. The Balaban J connectivity index is 1.59. The maximum atomic E-state index is 13.8. The molecule has 1 saturated heterocycles. The van der Waals surface area contributed by atoms with Crippen LogP contribution in [0.1, 0.15) is 64.5 Å². The molecule has 40 heavy (non-hydrogen) atoms. The first-order chi connectivity index (χ1) is 19.2. The molecule has 2 heterocycles. The number of piperidine rings is 1. The molecular formula is C32H45N3O5. The van der Waals surface area contributed by atoms with Crippen molar-refractivity contribution in [1.29, 1.82) is 0 Å². The van der Waals surface area contributed by atoms with E-state index in [0.29, 0.717) is 32.7 Å². The molecule has 0 aliphatic carbocycles. The lowest BCUT2D eigenvalue weighted by atomic mass is 9.69. The number of hydrogen-bond acceptors (Lipinski definition) is 6. The minimum atomic E-state index is -0.598. The fourth-order valence-corrected chi connectivity index (χ4v) is 5.97. The van der Waals surface area contributed by atoms with Crippen molar-refractivity contribution in [2.45, 2.75) is 70.4 Å². The predicted octanol–water partition coefficient (Wildman–Crippen LogP) is 5.25. The van der Waals surface area contributed by atoms with Gasteiger partial charge in [0.2, 0.25) is 5.91 Å². The van der Waals surface area contributed by atoms with E-state index in [2.05, 4.69) is 22.8 Å². The fourth-order valence-electron chi connectivity index (χ4n) is 5.97. The summed E-state index contributed by atoms with van der Waals surface area (Å²) in [7, 11) is 1.72. The van der Waals surface area contributed by atoms with Crippen LogP contribution in [0.2, 0.25) is 0 Å². The molecule has 2 atom stereocenters. The van der Waals surface area contributed by atoms with Crippen LogP contribution in [0.4, 0.5) is 4.79 Å². The number of amides is 2. The van der Waals surface area contributed by atoms with Crippen molar-refractivity contribution in [2.24, 2.45) is 5.92 Å². The third kappa shape index (κ3) is 6.96. The van der Waals surface area contributed by atoms with Crippen LogP contribution in [0, 0.1) is 5.92 Å². The quantitative estimate of drug-likeness (QED) is 0.393. The summed E-state index contributed by atoms with van der Waals surface area (Å²) in [6.07, 6.45) is 2.98. The second kappa shape index (κ2) is 13.0. The van der Waals surface area contributed by atoms with E-state index in [0.717, 1.165) is 48.4 Å². The summed E-state index contributed by atoms with van der Waals surface area (Å²) in [4.78, 5) is 28.4. The van der Waals surface area contributed by atoms with Gasteiger partial charge in [0.15, 0.2) is 0 Å². The summed E-state index contributed by atoms with van der Waals surface area (Å²) >= 11 is 0. The number of likely N-dealkylation sites (tertiary alicyclic amines) is 1. The van der Waals surface area contributed by atoms with Gasteiger partial charge < -0.3 is 29.7 Å². The van der Waals surface area contributed by atoms with Gasteiger partial charge >= 0.3 is 6.09 Å². The second-order valence-electron chi connectivity index (χ2n) is 11.9. The van der Waals surface area contributed by atoms with Gasteiger partial charge in [0.1, 0.15) is 17.1 Å². The first-order valence-electron chi connectivity index (χ1n) is 14.5. The highest BCUT2D eigenvalue weighted by Crippen LogP contribution is 2.50. The average molecular weight is 552 g/mol. The lowest BCUT2D eigenvalue weighted by Gasteiger charge is -2.42. The van der Waals surface area contributed by atoms with Crippen LogP contribution in [-0.4, -0.2) is 68.4 Å². The predicted molar refractivity (Wildman–Crippen MR) is 156 cm³/mol. The van der Waals surface area contributed by atoms with Gasteiger partial charge in [-0.25, -0.2) is 4.79 Å². The maximum Gasteiger partial charge on any atom is 0.410 e. The van der Waals surface area contributed by atoms with E-state index in [-0.39, 0.29) is 24.0 Å². The topological polar surface area (TPSA) is 89.1 Å². The number of carbonyl (C=O) groups is 2. The number of hydrogen-bond donors (Lipinski definition) is 2. The van der Waals surface area contributed by atoms with Crippen molar-refractivity contribution in [1.82, 2.24) is 15.5 Å². The lowest BCUT2D eigenvalue weighted by molar-refractivity contribution is -0.127. The number of unbranched alkanes of at least 4 members (excludes halogenated alkanes) is 1. The number of benzene rings is 2. The van der Waals surface area contributed by atoms with Crippen molar-refractivity contribution in [3.8, 4) is 11.5 Å². The van der Waals surface area contributed by atoms with Gasteiger partial charge in [0.05, 0.1) is 5.92 Å². The van der Waals surface area contributed by atoms with Crippen molar-refractivity contribution < 1.29 is 23.8 Å². The zero-order chi connectivity index (χ0) is 28.8. The number of methoxy groups -OCH3 is 1. The van der Waals surface area contributed by atoms with E-state index in [4.69, 9.17) is 14.2 Å². The van der Waals surface area contributed by atoms with Crippen molar-refractivity contribution in [3.63, 3.8) is 0 Å². The number of rotatable bonds is 10. The number of likely N-dealkylation sites (N-methyl/N-ethyl adjacent to an activating group) is 1. The Hall–Kier alpha value is -3.10. The van der Waals surface area contributed by atoms with Crippen LogP contribution in [0.3, 0.4) is 0 Å². The number of para-hydroxylation sites is 2. The van der Waals surface area contributed by atoms with E-state index in [1.807, 2.05) is 64.1 Å². The van der Waals surface area contributed by atoms with Gasteiger partial charge in [-0.3, -0.25) is 4.79 Å². The molecule has 2 aromatic rings. The Kier molecular flexibility index (Phi) is 9.74. The molecule has 2 aliphatic rings. The summed E-state index contributed by atoms with van der Waals surface area (Å²) < 4.78 is 17.3. The van der Waals surface area contributed by atoms with Crippen LogP contribution in [0.5, 0.6) is 11.5 Å². The van der Waals surface area contributed by atoms with Gasteiger partial charge in [-0.05, 0) is 65.1 Å². The van der Waals surface area contributed by atoms with Crippen LogP contribution in [-0.2, 0) is 19.7 Å². The van der Waals surface area contributed by atoms with Crippen molar-refractivity contribution in [3.05, 3.63) is 59.7 Å². The smallest absolute Gasteiger partial charge is 0.410 e. The highest BCUT2D eigenvalue weighted by atomic mass is 16.6. The first-order valence-corrected chi connectivity index (χ1v) is 14.5. The molecule has 8 heteroatoms. The third-order valence-corrected chi connectivity index (χ3v) is 7.76. The number of fused-ring (bicyclic) bond motifs is 2. The average Bonchev–Trinajstić information content (AvgIpc) is 2.93. The van der Waals surface area contributed by atoms with Crippen molar-refractivity contribution in [2.75, 3.05) is 39.9 Å². The van der Waals surface area contributed by atoms with E-state index < -0.39 is 11.0 Å². The number of ether oxygens (including phenoxy) is 3. The standard InChI is InChI=1S/C32H45N3O5/c1-6-33-24-19-23(20-35(21-24)30(37)40-31(2,3)4)29(36)34-22-32(17-11-12-18-38-5)25-13-7-9-15-27(25)39-28-16-10-8-14-26(28)32/h7-10,13-16,23-24,33H,6,11-12,17-22H2,1-5H3,(H,34,36)/t23-,24+/m0/s1. The third-order valence-electron chi connectivity index (χ3n) is 7.76. The number of nitrogens with zero attached hydrogens (tertiary/aromatic N) is 1.